The molecule has 13 heavy (non-hydrogen) atoms. The van der Waals surface area contributed by atoms with E-state index in [-0.39, 0.29) is 0 Å². The van der Waals surface area contributed by atoms with Crippen molar-refractivity contribution in [1.29, 1.82) is 5.26 Å². The molecular formula is C12H9N. The minimum absolute atomic E-state index is 0.409. The van der Waals surface area contributed by atoms with Crippen molar-refractivity contribution in [3.8, 4) is 6.07 Å². The number of hydrogen-bond acceptors (Lipinski definition) is 1. The SMILES string of the molecule is N#CC1=C[C@H]2C[C@@H]1c1ccccc12. The minimum atomic E-state index is 0.409. The van der Waals surface area contributed by atoms with Crippen LogP contribution < -0.4 is 0 Å². The van der Waals surface area contributed by atoms with Gasteiger partial charge >= 0.3 is 0 Å². The first kappa shape index (κ1) is 6.91. The summed E-state index contributed by atoms with van der Waals surface area (Å²) in [5.74, 6) is 0.932. The second-order valence-electron chi connectivity index (χ2n) is 3.76. The minimum Gasteiger partial charge on any atom is -0.193 e. The molecule has 62 valence electrons. The Morgan fingerprint density at radius 2 is 2.00 bits per heavy atom. The topological polar surface area (TPSA) is 23.8 Å². The molecular weight excluding hydrogens is 158 g/mol. The number of hydrogen-bond donors (Lipinski definition) is 0. The molecule has 0 saturated carbocycles. The standard InChI is InChI=1S/C12H9N/c13-7-9-5-8-6-12(9)11-4-2-1-3-10(8)11/h1-5,8,12H,6H2/t8-,12-/m0/s1. The highest BCUT2D eigenvalue weighted by molar-refractivity contribution is 5.54. The van der Waals surface area contributed by atoms with Crippen LogP contribution in [0.1, 0.15) is 29.4 Å². The highest BCUT2D eigenvalue weighted by atomic mass is 14.4. The van der Waals surface area contributed by atoms with E-state index in [1.54, 1.807) is 0 Å². The van der Waals surface area contributed by atoms with Crippen molar-refractivity contribution in [3.05, 3.63) is 47.0 Å². The van der Waals surface area contributed by atoms with E-state index >= 15 is 0 Å². The third-order valence-corrected chi connectivity index (χ3v) is 3.15. The van der Waals surface area contributed by atoms with Gasteiger partial charge in [0.15, 0.2) is 0 Å². The summed E-state index contributed by atoms with van der Waals surface area (Å²) >= 11 is 0. The van der Waals surface area contributed by atoms with Gasteiger partial charge in [-0.15, -0.1) is 0 Å². The second kappa shape index (κ2) is 2.23. The van der Waals surface area contributed by atoms with Crippen LogP contribution in [0.15, 0.2) is 35.9 Å². The summed E-state index contributed by atoms with van der Waals surface area (Å²) in [4.78, 5) is 0. The Hall–Kier alpha value is -1.55. The third kappa shape index (κ3) is 0.754. The first-order chi connectivity index (χ1) is 6.40. The van der Waals surface area contributed by atoms with E-state index in [2.05, 4.69) is 36.4 Å². The van der Waals surface area contributed by atoms with E-state index in [4.69, 9.17) is 5.26 Å². The fraction of sp³-hybridized carbons (Fsp3) is 0.250. The number of nitrogens with zero attached hydrogens (tertiary/aromatic N) is 1. The van der Waals surface area contributed by atoms with Crippen molar-refractivity contribution < 1.29 is 0 Å². The predicted octanol–water partition coefficient (Wildman–Crippen LogP) is 2.72. The number of benzene rings is 1. The molecule has 0 amide bonds. The summed E-state index contributed by atoms with van der Waals surface area (Å²) in [6.45, 7) is 0. The monoisotopic (exact) mass is 167 g/mol. The molecule has 0 unspecified atom stereocenters. The zero-order valence-electron chi connectivity index (χ0n) is 7.20. The molecule has 1 aromatic carbocycles. The van der Waals surface area contributed by atoms with Gasteiger partial charge < -0.3 is 0 Å². The molecule has 2 aliphatic rings. The summed E-state index contributed by atoms with van der Waals surface area (Å²) in [7, 11) is 0. The number of fused-ring (bicyclic) bond motifs is 5. The van der Waals surface area contributed by atoms with Gasteiger partial charge in [0.1, 0.15) is 0 Å². The number of nitriles is 1. The summed E-state index contributed by atoms with van der Waals surface area (Å²) < 4.78 is 0. The van der Waals surface area contributed by atoms with Crippen molar-refractivity contribution >= 4 is 0 Å². The van der Waals surface area contributed by atoms with Crippen LogP contribution in [-0.2, 0) is 0 Å². The molecule has 0 spiro atoms. The maximum Gasteiger partial charge on any atom is 0.0950 e. The lowest BCUT2D eigenvalue weighted by Crippen LogP contribution is -1.96. The van der Waals surface area contributed by atoms with E-state index in [1.807, 2.05) is 0 Å². The summed E-state index contributed by atoms with van der Waals surface area (Å²) in [5, 5.41) is 8.90. The van der Waals surface area contributed by atoms with Crippen LogP contribution in [0.4, 0.5) is 0 Å². The van der Waals surface area contributed by atoms with Crippen LogP contribution in [0.5, 0.6) is 0 Å². The molecule has 3 rings (SSSR count). The summed E-state index contributed by atoms with van der Waals surface area (Å²) in [6.07, 6.45) is 3.26. The Morgan fingerprint density at radius 1 is 1.23 bits per heavy atom. The van der Waals surface area contributed by atoms with Gasteiger partial charge in [-0.2, -0.15) is 5.26 Å². The molecule has 0 fully saturated rings. The average Bonchev–Trinajstić information content (AvgIpc) is 2.75. The summed E-state index contributed by atoms with van der Waals surface area (Å²) in [6, 6.07) is 10.8. The second-order valence-corrected chi connectivity index (χ2v) is 3.76. The van der Waals surface area contributed by atoms with E-state index in [9.17, 15) is 0 Å². The van der Waals surface area contributed by atoms with Crippen LogP contribution >= 0.6 is 0 Å². The van der Waals surface area contributed by atoms with Crippen LogP contribution in [0.3, 0.4) is 0 Å². The molecule has 2 atom stereocenters. The molecule has 0 aliphatic heterocycles. The molecule has 0 N–H and O–H groups in total. The molecule has 0 saturated heterocycles. The molecule has 1 heteroatoms. The Labute approximate surface area is 77.3 Å². The number of allylic oxidation sites excluding steroid dienone is 2. The summed E-state index contributed by atoms with van der Waals surface area (Å²) in [5.41, 5.74) is 3.79. The normalized spacial score (nSPS) is 28.1. The lowest BCUT2D eigenvalue weighted by molar-refractivity contribution is 0.794. The van der Waals surface area contributed by atoms with Gasteiger partial charge in [0.25, 0.3) is 0 Å². The molecule has 0 heterocycles. The molecule has 0 aromatic heterocycles. The Bertz CT molecular complexity index is 437. The quantitative estimate of drug-likeness (QED) is 0.582. The van der Waals surface area contributed by atoms with Crippen molar-refractivity contribution in [3.63, 3.8) is 0 Å². The van der Waals surface area contributed by atoms with E-state index in [0.717, 1.165) is 12.0 Å². The molecule has 1 nitrogen and oxygen atoms in total. The Morgan fingerprint density at radius 3 is 2.77 bits per heavy atom. The highest BCUT2D eigenvalue weighted by Gasteiger charge is 2.37. The fourth-order valence-corrected chi connectivity index (χ4v) is 2.57. The van der Waals surface area contributed by atoms with Gasteiger partial charge in [0.2, 0.25) is 0 Å². The Kier molecular flexibility index (Phi) is 1.19. The van der Waals surface area contributed by atoms with Crippen molar-refractivity contribution in [2.24, 2.45) is 0 Å². The van der Waals surface area contributed by atoms with Crippen LogP contribution in [0.2, 0.25) is 0 Å². The largest absolute Gasteiger partial charge is 0.193 e. The molecule has 1 aromatic rings. The molecule has 0 radical (unpaired) electrons. The Balaban J connectivity index is 2.19. The zero-order valence-corrected chi connectivity index (χ0v) is 7.20. The third-order valence-electron chi connectivity index (χ3n) is 3.15. The zero-order chi connectivity index (χ0) is 8.84. The fourth-order valence-electron chi connectivity index (χ4n) is 2.57. The van der Waals surface area contributed by atoms with Crippen molar-refractivity contribution in [1.82, 2.24) is 0 Å². The maximum absolute atomic E-state index is 8.90. The number of rotatable bonds is 0. The van der Waals surface area contributed by atoms with Crippen LogP contribution in [0, 0.1) is 11.3 Å². The van der Waals surface area contributed by atoms with Crippen molar-refractivity contribution in [2.45, 2.75) is 18.3 Å². The smallest absolute Gasteiger partial charge is 0.0950 e. The van der Waals surface area contributed by atoms with Gasteiger partial charge in [-0.05, 0) is 17.5 Å². The molecule has 2 bridgehead atoms. The first-order valence-electron chi connectivity index (χ1n) is 4.61. The lowest BCUT2D eigenvalue weighted by atomic mass is 9.92. The lowest BCUT2D eigenvalue weighted by Gasteiger charge is -2.11. The van der Waals surface area contributed by atoms with Gasteiger partial charge in [0.05, 0.1) is 6.07 Å². The predicted molar refractivity (Wildman–Crippen MR) is 50.2 cm³/mol. The maximum atomic E-state index is 8.90. The van der Waals surface area contributed by atoms with Gasteiger partial charge in [-0.3, -0.25) is 0 Å². The van der Waals surface area contributed by atoms with Gasteiger partial charge in [-0.25, -0.2) is 0 Å². The van der Waals surface area contributed by atoms with E-state index in [0.29, 0.717) is 11.8 Å². The van der Waals surface area contributed by atoms with Crippen LogP contribution in [-0.4, -0.2) is 0 Å². The van der Waals surface area contributed by atoms with E-state index < -0.39 is 0 Å². The van der Waals surface area contributed by atoms with Crippen LogP contribution in [0.25, 0.3) is 0 Å². The van der Waals surface area contributed by atoms with Gasteiger partial charge in [-0.1, -0.05) is 30.3 Å². The van der Waals surface area contributed by atoms with E-state index in [1.165, 1.54) is 11.1 Å². The average molecular weight is 167 g/mol. The van der Waals surface area contributed by atoms with Crippen molar-refractivity contribution in [2.75, 3.05) is 0 Å². The molecule has 2 aliphatic carbocycles. The first-order valence-corrected chi connectivity index (χ1v) is 4.61. The van der Waals surface area contributed by atoms with Gasteiger partial charge in [0, 0.05) is 17.4 Å². The highest BCUT2D eigenvalue weighted by Crippen LogP contribution is 2.51.